The van der Waals surface area contributed by atoms with Gasteiger partial charge in [-0.3, -0.25) is 0 Å². The van der Waals surface area contributed by atoms with E-state index in [0.29, 0.717) is 6.04 Å². The monoisotopic (exact) mass is 364 g/mol. The van der Waals surface area contributed by atoms with E-state index in [2.05, 4.69) is 65.7 Å². The molecule has 2 nitrogen and oxygen atoms in total. The van der Waals surface area contributed by atoms with Crippen molar-refractivity contribution < 1.29 is 0 Å². The zero-order valence-electron chi connectivity index (χ0n) is 10.4. The van der Waals surface area contributed by atoms with Crippen LogP contribution in [0.5, 0.6) is 0 Å². The molecule has 1 aromatic rings. The van der Waals surface area contributed by atoms with Gasteiger partial charge in [0.25, 0.3) is 0 Å². The fourth-order valence-corrected chi connectivity index (χ4v) is 3.17. The van der Waals surface area contributed by atoms with E-state index in [4.69, 9.17) is 11.6 Å². The quantitative estimate of drug-likeness (QED) is 0.767. The van der Waals surface area contributed by atoms with Crippen LogP contribution >= 0.6 is 34.2 Å². The van der Waals surface area contributed by atoms with E-state index in [-0.39, 0.29) is 5.54 Å². The van der Waals surface area contributed by atoms with Gasteiger partial charge in [0.05, 0.1) is 10.7 Å². The maximum absolute atomic E-state index is 6.35. The Bertz CT molecular complexity index is 420. The molecule has 1 heterocycles. The molecule has 0 spiro atoms. The smallest absolute Gasteiger partial charge is 0.0650 e. The minimum absolute atomic E-state index is 0.138. The van der Waals surface area contributed by atoms with E-state index in [1.807, 2.05) is 6.07 Å². The van der Waals surface area contributed by atoms with Crippen LogP contribution in [0.1, 0.15) is 20.8 Å². The standard InChI is InChI=1S/C13H18ClIN2/c1-9-7-16-13(2,3)8-17(9)12-5-4-10(15)6-11(12)14/h4-6,9,16H,7-8H2,1-3H3. The van der Waals surface area contributed by atoms with Gasteiger partial charge in [0.15, 0.2) is 0 Å². The van der Waals surface area contributed by atoms with E-state index in [1.165, 1.54) is 3.57 Å². The Hall–Kier alpha value is -0.0000000000000000555. The average Bonchev–Trinajstić information content (AvgIpc) is 2.22. The van der Waals surface area contributed by atoms with Crippen LogP contribution in [0.2, 0.25) is 5.02 Å². The minimum Gasteiger partial charge on any atom is -0.365 e. The van der Waals surface area contributed by atoms with Gasteiger partial charge in [-0.05, 0) is 61.6 Å². The maximum Gasteiger partial charge on any atom is 0.0650 e. The van der Waals surface area contributed by atoms with Gasteiger partial charge in [0, 0.05) is 28.2 Å². The predicted molar refractivity (Wildman–Crippen MR) is 83.1 cm³/mol. The summed E-state index contributed by atoms with van der Waals surface area (Å²) in [6.07, 6.45) is 0. The lowest BCUT2D eigenvalue weighted by atomic mass is 9.98. The van der Waals surface area contributed by atoms with Gasteiger partial charge < -0.3 is 10.2 Å². The van der Waals surface area contributed by atoms with E-state index in [0.717, 1.165) is 23.8 Å². The molecule has 2 rings (SSSR count). The first-order valence-corrected chi connectivity index (χ1v) is 7.31. The Kier molecular flexibility index (Phi) is 3.90. The highest BCUT2D eigenvalue weighted by Gasteiger charge is 2.31. The number of anilines is 1. The third-order valence-electron chi connectivity index (χ3n) is 3.19. The molecule has 1 aliphatic rings. The summed E-state index contributed by atoms with van der Waals surface area (Å²) in [5, 5.41) is 4.40. The molecule has 1 fully saturated rings. The lowest BCUT2D eigenvalue weighted by molar-refractivity contribution is 0.318. The van der Waals surface area contributed by atoms with Crippen molar-refractivity contribution in [2.75, 3.05) is 18.0 Å². The molecule has 1 aromatic carbocycles. The third kappa shape index (κ3) is 3.06. The first-order valence-electron chi connectivity index (χ1n) is 5.86. The SMILES string of the molecule is CC1CNC(C)(C)CN1c1ccc(I)cc1Cl. The van der Waals surface area contributed by atoms with Crippen LogP contribution in [0, 0.1) is 3.57 Å². The molecule has 0 aliphatic carbocycles. The molecule has 1 saturated heterocycles. The molecule has 17 heavy (non-hydrogen) atoms. The summed E-state index contributed by atoms with van der Waals surface area (Å²) < 4.78 is 1.18. The molecule has 0 saturated carbocycles. The number of piperazine rings is 1. The fraction of sp³-hybridized carbons (Fsp3) is 0.538. The van der Waals surface area contributed by atoms with Gasteiger partial charge in [-0.2, -0.15) is 0 Å². The molecule has 0 bridgehead atoms. The summed E-state index contributed by atoms with van der Waals surface area (Å²) in [7, 11) is 0. The van der Waals surface area contributed by atoms with Crippen LogP contribution in [0.4, 0.5) is 5.69 Å². The highest BCUT2D eigenvalue weighted by atomic mass is 127. The minimum atomic E-state index is 0.138. The highest BCUT2D eigenvalue weighted by Crippen LogP contribution is 2.31. The first-order chi connectivity index (χ1) is 7.89. The van der Waals surface area contributed by atoms with E-state index >= 15 is 0 Å². The predicted octanol–water partition coefficient (Wildman–Crippen LogP) is 3.52. The molecule has 0 aromatic heterocycles. The largest absolute Gasteiger partial charge is 0.365 e. The van der Waals surface area contributed by atoms with Crippen LogP contribution in [-0.2, 0) is 0 Å². The molecular formula is C13H18ClIN2. The third-order valence-corrected chi connectivity index (χ3v) is 4.17. The van der Waals surface area contributed by atoms with Gasteiger partial charge in [-0.1, -0.05) is 11.6 Å². The molecule has 1 aliphatic heterocycles. The van der Waals surface area contributed by atoms with Gasteiger partial charge in [-0.15, -0.1) is 0 Å². The Morgan fingerprint density at radius 1 is 1.47 bits per heavy atom. The number of hydrogen-bond acceptors (Lipinski definition) is 2. The summed E-state index contributed by atoms with van der Waals surface area (Å²) in [4.78, 5) is 2.40. The summed E-state index contributed by atoms with van der Waals surface area (Å²) in [6.45, 7) is 8.67. The summed E-state index contributed by atoms with van der Waals surface area (Å²) in [5.74, 6) is 0. The Morgan fingerprint density at radius 2 is 2.18 bits per heavy atom. The van der Waals surface area contributed by atoms with Crippen molar-refractivity contribution in [3.8, 4) is 0 Å². The number of halogens is 2. The Morgan fingerprint density at radius 3 is 2.82 bits per heavy atom. The summed E-state index contributed by atoms with van der Waals surface area (Å²) in [5.41, 5.74) is 1.29. The van der Waals surface area contributed by atoms with Crippen LogP contribution in [0.25, 0.3) is 0 Å². The number of benzene rings is 1. The van der Waals surface area contributed by atoms with E-state index in [1.54, 1.807) is 0 Å². The first kappa shape index (κ1) is 13.4. The second-order valence-corrected chi connectivity index (χ2v) is 6.99. The molecule has 0 amide bonds. The van der Waals surface area contributed by atoms with Crippen LogP contribution in [0.3, 0.4) is 0 Å². The topological polar surface area (TPSA) is 15.3 Å². The van der Waals surface area contributed by atoms with Crippen molar-refractivity contribution >= 4 is 39.9 Å². The summed E-state index contributed by atoms with van der Waals surface area (Å²) >= 11 is 8.64. The van der Waals surface area contributed by atoms with Gasteiger partial charge in [0.1, 0.15) is 0 Å². The van der Waals surface area contributed by atoms with Crippen molar-refractivity contribution in [3.05, 3.63) is 26.8 Å². The van der Waals surface area contributed by atoms with Crippen molar-refractivity contribution in [3.63, 3.8) is 0 Å². The molecule has 1 atom stereocenters. The van der Waals surface area contributed by atoms with E-state index in [9.17, 15) is 0 Å². The fourth-order valence-electron chi connectivity index (χ4n) is 2.21. The normalized spacial score (nSPS) is 23.8. The van der Waals surface area contributed by atoms with Crippen molar-refractivity contribution in [1.29, 1.82) is 0 Å². The number of nitrogens with zero attached hydrogens (tertiary/aromatic N) is 1. The zero-order valence-corrected chi connectivity index (χ0v) is 13.3. The second-order valence-electron chi connectivity index (χ2n) is 5.34. The van der Waals surface area contributed by atoms with Crippen molar-refractivity contribution in [2.45, 2.75) is 32.4 Å². The molecule has 1 N–H and O–H groups in total. The maximum atomic E-state index is 6.35. The molecule has 94 valence electrons. The average molecular weight is 365 g/mol. The number of hydrogen-bond donors (Lipinski definition) is 1. The van der Waals surface area contributed by atoms with Crippen molar-refractivity contribution in [2.24, 2.45) is 0 Å². The summed E-state index contributed by atoms with van der Waals surface area (Å²) in [6, 6.07) is 6.74. The van der Waals surface area contributed by atoms with Gasteiger partial charge in [-0.25, -0.2) is 0 Å². The second kappa shape index (κ2) is 4.94. The van der Waals surface area contributed by atoms with Crippen LogP contribution in [0.15, 0.2) is 18.2 Å². The number of rotatable bonds is 1. The molecule has 1 unspecified atom stereocenters. The lowest BCUT2D eigenvalue weighted by Gasteiger charge is -2.45. The molecule has 4 heteroatoms. The Balaban J connectivity index is 2.31. The molecular weight excluding hydrogens is 347 g/mol. The molecule has 0 radical (unpaired) electrons. The van der Waals surface area contributed by atoms with Crippen molar-refractivity contribution in [1.82, 2.24) is 5.32 Å². The van der Waals surface area contributed by atoms with Crippen LogP contribution in [-0.4, -0.2) is 24.7 Å². The lowest BCUT2D eigenvalue weighted by Crippen LogP contribution is -2.61. The van der Waals surface area contributed by atoms with Gasteiger partial charge in [0.2, 0.25) is 0 Å². The highest BCUT2D eigenvalue weighted by molar-refractivity contribution is 14.1. The van der Waals surface area contributed by atoms with E-state index < -0.39 is 0 Å². The Labute approximate surface area is 122 Å². The van der Waals surface area contributed by atoms with Gasteiger partial charge >= 0.3 is 0 Å². The zero-order chi connectivity index (χ0) is 12.6. The number of nitrogens with one attached hydrogen (secondary N) is 1. The van der Waals surface area contributed by atoms with Crippen LogP contribution < -0.4 is 10.2 Å².